The van der Waals surface area contributed by atoms with Gasteiger partial charge in [0.05, 0.1) is 22.4 Å². The number of rotatable bonds is 3. The lowest BCUT2D eigenvalue weighted by molar-refractivity contribution is 1.29. The van der Waals surface area contributed by atoms with Crippen LogP contribution in [0, 0.1) is 0 Å². The minimum absolute atomic E-state index is 0.903. The van der Waals surface area contributed by atoms with Crippen molar-refractivity contribution in [2.45, 2.75) is 0 Å². The predicted octanol–water partition coefficient (Wildman–Crippen LogP) is 6.63. The van der Waals surface area contributed by atoms with E-state index in [4.69, 9.17) is 9.97 Å². The first-order valence-corrected chi connectivity index (χ1v) is 9.37. The van der Waals surface area contributed by atoms with Crippen LogP contribution in [0.15, 0.2) is 109 Å². The summed E-state index contributed by atoms with van der Waals surface area (Å²) in [6, 6.07) is 37.1. The largest absolute Gasteiger partial charge is 0.244 e. The Bertz CT molecular complexity index is 1230. The van der Waals surface area contributed by atoms with Crippen LogP contribution in [0.25, 0.3) is 44.7 Å². The van der Waals surface area contributed by atoms with Crippen LogP contribution in [0.2, 0.25) is 0 Å². The second-order valence-electron chi connectivity index (χ2n) is 6.69. The van der Waals surface area contributed by atoms with E-state index in [2.05, 4.69) is 60.7 Å². The SMILES string of the molecule is c1ccc(-c2nc3cccc(-c4ccccc4)c3nc2-c2ccccc2)cc1. The molecule has 1 heterocycles. The van der Waals surface area contributed by atoms with Gasteiger partial charge in [0.1, 0.15) is 0 Å². The molecule has 0 N–H and O–H groups in total. The van der Waals surface area contributed by atoms with E-state index in [1.807, 2.05) is 48.5 Å². The van der Waals surface area contributed by atoms with Crippen LogP contribution in [-0.2, 0) is 0 Å². The molecular weight excluding hydrogens is 340 g/mol. The first kappa shape index (κ1) is 16.4. The average molecular weight is 358 g/mol. The monoisotopic (exact) mass is 358 g/mol. The highest BCUT2D eigenvalue weighted by Crippen LogP contribution is 2.34. The summed E-state index contributed by atoms with van der Waals surface area (Å²) in [7, 11) is 0. The van der Waals surface area contributed by atoms with E-state index in [1.54, 1.807) is 0 Å². The summed E-state index contributed by atoms with van der Waals surface area (Å²) in [5, 5.41) is 0. The Labute approximate surface area is 164 Å². The highest BCUT2D eigenvalue weighted by molar-refractivity contribution is 5.95. The van der Waals surface area contributed by atoms with Gasteiger partial charge in [-0.2, -0.15) is 0 Å². The van der Waals surface area contributed by atoms with Gasteiger partial charge in [-0.3, -0.25) is 0 Å². The lowest BCUT2D eigenvalue weighted by atomic mass is 10.0. The molecule has 2 nitrogen and oxygen atoms in total. The summed E-state index contributed by atoms with van der Waals surface area (Å²) in [4.78, 5) is 10.2. The van der Waals surface area contributed by atoms with Crippen LogP contribution in [0.4, 0.5) is 0 Å². The van der Waals surface area contributed by atoms with Gasteiger partial charge in [0.25, 0.3) is 0 Å². The molecule has 0 aliphatic heterocycles. The molecule has 0 bridgehead atoms. The standard InChI is InChI=1S/C26H18N2/c1-4-11-19(12-5-1)22-17-10-18-23-26(22)28-25(21-15-8-3-9-16-21)24(27-23)20-13-6-2-7-14-20/h1-18H. The minimum Gasteiger partial charge on any atom is -0.244 e. The van der Waals surface area contributed by atoms with E-state index in [9.17, 15) is 0 Å². The molecule has 2 heteroatoms. The zero-order valence-electron chi connectivity index (χ0n) is 15.3. The Kier molecular flexibility index (Phi) is 4.15. The number of para-hydroxylation sites is 1. The molecule has 0 amide bonds. The lowest BCUT2D eigenvalue weighted by Crippen LogP contribution is -1.96. The molecule has 0 aliphatic rings. The third-order valence-electron chi connectivity index (χ3n) is 4.87. The van der Waals surface area contributed by atoms with Gasteiger partial charge in [-0.05, 0) is 11.6 Å². The number of hydrogen-bond acceptors (Lipinski definition) is 2. The van der Waals surface area contributed by atoms with Crippen molar-refractivity contribution in [2.75, 3.05) is 0 Å². The van der Waals surface area contributed by atoms with Gasteiger partial charge < -0.3 is 0 Å². The summed E-state index contributed by atoms with van der Waals surface area (Å²) in [6.45, 7) is 0. The molecule has 132 valence electrons. The summed E-state index contributed by atoms with van der Waals surface area (Å²) in [5.41, 5.74) is 8.02. The molecule has 0 radical (unpaired) electrons. The van der Waals surface area contributed by atoms with Crippen molar-refractivity contribution in [3.05, 3.63) is 109 Å². The topological polar surface area (TPSA) is 25.8 Å². The van der Waals surface area contributed by atoms with Crippen molar-refractivity contribution in [1.29, 1.82) is 0 Å². The molecule has 0 saturated carbocycles. The van der Waals surface area contributed by atoms with Crippen molar-refractivity contribution < 1.29 is 0 Å². The Morgan fingerprint density at radius 2 is 0.893 bits per heavy atom. The summed E-state index contributed by atoms with van der Waals surface area (Å²) < 4.78 is 0. The van der Waals surface area contributed by atoms with Crippen LogP contribution in [-0.4, -0.2) is 9.97 Å². The minimum atomic E-state index is 0.903. The van der Waals surface area contributed by atoms with Crippen molar-refractivity contribution >= 4 is 11.0 Å². The van der Waals surface area contributed by atoms with Crippen molar-refractivity contribution in [1.82, 2.24) is 9.97 Å². The molecule has 5 aromatic rings. The zero-order chi connectivity index (χ0) is 18.8. The van der Waals surface area contributed by atoms with Gasteiger partial charge >= 0.3 is 0 Å². The van der Waals surface area contributed by atoms with Crippen LogP contribution in [0.1, 0.15) is 0 Å². The molecular formula is C26H18N2. The first-order chi connectivity index (χ1) is 13.9. The Hall–Kier alpha value is -3.78. The number of aromatic nitrogens is 2. The smallest absolute Gasteiger partial charge is 0.0973 e. The Morgan fingerprint density at radius 3 is 1.46 bits per heavy atom. The van der Waals surface area contributed by atoms with Gasteiger partial charge in [0.2, 0.25) is 0 Å². The number of hydrogen-bond donors (Lipinski definition) is 0. The van der Waals surface area contributed by atoms with Gasteiger partial charge in [-0.15, -0.1) is 0 Å². The summed E-state index contributed by atoms with van der Waals surface area (Å²) in [6.07, 6.45) is 0. The summed E-state index contributed by atoms with van der Waals surface area (Å²) >= 11 is 0. The van der Waals surface area contributed by atoms with Gasteiger partial charge in [-0.25, -0.2) is 9.97 Å². The highest BCUT2D eigenvalue weighted by Gasteiger charge is 2.15. The number of benzene rings is 4. The van der Waals surface area contributed by atoms with E-state index in [-0.39, 0.29) is 0 Å². The van der Waals surface area contributed by atoms with Crippen molar-refractivity contribution in [3.63, 3.8) is 0 Å². The normalized spacial score (nSPS) is 10.9. The van der Waals surface area contributed by atoms with Gasteiger partial charge in [-0.1, -0.05) is 103 Å². The quantitative estimate of drug-likeness (QED) is 0.362. The second-order valence-corrected chi connectivity index (χ2v) is 6.69. The number of nitrogens with zero attached hydrogens (tertiary/aromatic N) is 2. The van der Waals surface area contributed by atoms with Crippen LogP contribution in [0.5, 0.6) is 0 Å². The molecule has 0 atom stereocenters. The maximum Gasteiger partial charge on any atom is 0.0973 e. The Morgan fingerprint density at radius 1 is 0.393 bits per heavy atom. The van der Waals surface area contributed by atoms with E-state index in [0.717, 1.165) is 44.7 Å². The van der Waals surface area contributed by atoms with Crippen molar-refractivity contribution in [3.8, 4) is 33.6 Å². The number of fused-ring (bicyclic) bond motifs is 1. The Balaban J connectivity index is 1.83. The lowest BCUT2D eigenvalue weighted by Gasteiger charge is -2.13. The predicted molar refractivity (Wildman–Crippen MR) is 116 cm³/mol. The highest BCUT2D eigenvalue weighted by atomic mass is 14.8. The molecule has 5 rings (SSSR count). The second kappa shape index (κ2) is 7.09. The fourth-order valence-corrected chi connectivity index (χ4v) is 3.52. The molecule has 4 aromatic carbocycles. The van der Waals surface area contributed by atoms with Crippen molar-refractivity contribution in [2.24, 2.45) is 0 Å². The summed E-state index contributed by atoms with van der Waals surface area (Å²) in [5.74, 6) is 0. The van der Waals surface area contributed by atoms with Crippen LogP contribution < -0.4 is 0 Å². The fraction of sp³-hybridized carbons (Fsp3) is 0. The molecule has 28 heavy (non-hydrogen) atoms. The average Bonchev–Trinajstić information content (AvgIpc) is 2.79. The molecule has 0 saturated heterocycles. The molecule has 0 unspecified atom stereocenters. The van der Waals surface area contributed by atoms with E-state index >= 15 is 0 Å². The molecule has 0 aliphatic carbocycles. The van der Waals surface area contributed by atoms with Gasteiger partial charge in [0, 0.05) is 16.7 Å². The van der Waals surface area contributed by atoms with E-state index in [1.165, 1.54) is 0 Å². The molecule has 0 fully saturated rings. The maximum atomic E-state index is 5.14. The van der Waals surface area contributed by atoms with Gasteiger partial charge in [0.15, 0.2) is 0 Å². The molecule has 0 spiro atoms. The zero-order valence-corrected chi connectivity index (χ0v) is 15.3. The molecule has 1 aromatic heterocycles. The maximum absolute atomic E-state index is 5.14. The fourth-order valence-electron chi connectivity index (χ4n) is 3.52. The van der Waals surface area contributed by atoms with Crippen LogP contribution in [0.3, 0.4) is 0 Å². The van der Waals surface area contributed by atoms with Crippen LogP contribution >= 0.6 is 0 Å². The third kappa shape index (κ3) is 2.95. The third-order valence-corrected chi connectivity index (χ3v) is 4.87. The van der Waals surface area contributed by atoms with E-state index in [0.29, 0.717) is 0 Å². The first-order valence-electron chi connectivity index (χ1n) is 9.37. The van der Waals surface area contributed by atoms with E-state index < -0.39 is 0 Å².